The van der Waals surface area contributed by atoms with E-state index in [1.54, 1.807) is 0 Å². The molecular weight excluding hydrogens is 288 g/mol. The molecule has 2 aromatic carbocycles. The Balaban J connectivity index is 2.63. The van der Waals surface area contributed by atoms with E-state index in [-0.39, 0.29) is 10.8 Å². The van der Waals surface area contributed by atoms with Crippen molar-refractivity contribution in [3.05, 3.63) is 57.6 Å². The summed E-state index contributed by atoms with van der Waals surface area (Å²) in [4.78, 5) is 0. The minimum absolute atomic E-state index is 0.189. The van der Waals surface area contributed by atoms with Crippen molar-refractivity contribution in [3.63, 3.8) is 0 Å². The lowest BCUT2D eigenvalue weighted by Gasteiger charge is -2.27. The molecule has 0 saturated heterocycles. The van der Waals surface area contributed by atoms with Crippen LogP contribution in [-0.2, 0) is 10.8 Å². The van der Waals surface area contributed by atoms with E-state index in [0.717, 1.165) is 0 Å². The number of benzene rings is 2. The molecule has 0 aliphatic heterocycles. The molecule has 24 heavy (non-hydrogen) atoms. The predicted octanol–water partition coefficient (Wildman–Crippen LogP) is 7.18. The van der Waals surface area contributed by atoms with Gasteiger partial charge >= 0.3 is 0 Å². The molecule has 0 N–H and O–H groups in total. The molecular formula is C24H34. The van der Waals surface area contributed by atoms with Crippen LogP contribution in [0.4, 0.5) is 0 Å². The molecule has 0 atom stereocenters. The van der Waals surface area contributed by atoms with E-state index in [0.29, 0.717) is 0 Å². The number of rotatable bonds is 1. The second kappa shape index (κ2) is 6.06. The summed E-state index contributed by atoms with van der Waals surface area (Å²) in [5.74, 6) is 0. The number of hydrogen-bond acceptors (Lipinski definition) is 0. The first kappa shape index (κ1) is 18.8. The summed E-state index contributed by atoms with van der Waals surface area (Å²) in [7, 11) is 0. The van der Waals surface area contributed by atoms with Gasteiger partial charge in [-0.05, 0) is 83.0 Å². The van der Waals surface area contributed by atoms with Crippen LogP contribution in [-0.4, -0.2) is 0 Å². The molecule has 0 fully saturated rings. The van der Waals surface area contributed by atoms with E-state index in [1.165, 1.54) is 44.5 Å². The van der Waals surface area contributed by atoms with Crippen molar-refractivity contribution in [2.24, 2.45) is 0 Å². The van der Waals surface area contributed by atoms with Gasteiger partial charge in [0.2, 0.25) is 0 Å². The monoisotopic (exact) mass is 322 g/mol. The molecule has 130 valence electrons. The van der Waals surface area contributed by atoms with Crippen LogP contribution in [0.5, 0.6) is 0 Å². The fraction of sp³-hybridized carbons (Fsp3) is 0.500. The van der Waals surface area contributed by atoms with Crippen molar-refractivity contribution in [2.75, 3.05) is 0 Å². The predicted molar refractivity (Wildman–Crippen MR) is 108 cm³/mol. The number of hydrogen-bond donors (Lipinski definition) is 0. The maximum Gasteiger partial charge on any atom is -0.0127 e. The fourth-order valence-electron chi connectivity index (χ4n) is 4.63. The maximum absolute atomic E-state index is 2.36. The van der Waals surface area contributed by atoms with E-state index in [4.69, 9.17) is 0 Å². The first-order chi connectivity index (χ1) is 10.8. The lowest BCUT2D eigenvalue weighted by atomic mass is 9.78. The van der Waals surface area contributed by atoms with Gasteiger partial charge in [-0.1, -0.05) is 65.8 Å². The van der Waals surface area contributed by atoms with Crippen molar-refractivity contribution in [1.29, 1.82) is 0 Å². The van der Waals surface area contributed by atoms with Crippen LogP contribution in [0.25, 0.3) is 11.1 Å². The average molecular weight is 323 g/mol. The highest BCUT2D eigenvalue weighted by Gasteiger charge is 2.21. The average Bonchev–Trinajstić information content (AvgIpc) is 2.33. The van der Waals surface area contributed by atoms with Gasteiger partial charge in [-0.3, -0.25) is 0 Å². The third-order valence-corrected chi connectivity index (χ3v) is 4.90. The Hall–Kier alpha value is -1.56. The molecule has 0 aliphatic carbocycles. The summed E-state index contributed by atoms with van der Waals surface area (Å²) >= 11 is 0. The second-order valence-electron chi connectivity index (χ2n) is 9.47. The summed E-state index contributed by atoms with van der Waals surface area (Å²) in [6, 6.07) is 9.44. The van der Waals surface area contributed by atoms with Gasteiger partial charge in [0.15, 0.2) is 0 Å². The molecule has 2 rings (SSSR count). The Morgan fingerprint density at radius 3 is 0.833 bits per heavy atom. The molecule has 0 aromatic heterocycles. The zero-order chi connectivity index (χ0) is 18.4. The van der Waals surface area contributed by atoms with E-state index in [9.17, 15) is 0 Å². The molecule has 0 saturated carbocycles. The van der Waals surface area contributed by atoms with Crippen molar-refractivity contribution in [2.45, 2.75) is 80.1 Å². The van der Waals surface area contributed by atoms with Gasteiger partial charge in [-0.2, -0.15) is 0 Å². The van der Waals surface area contributed by atoms with Crippen LogP contribution < -0.4 is 0 Å². The molecule has 0 aliphatic rings. The SMILES string of the molecule is Cc1cc(-c2cc(C)c(C(C)(C)C)c(C)c2)cc(C)c1C(C)(C)C. The molecule has 0 nitrogen and oxygen atoms in total. The van der Waals surface area contributed by atoms with Gasteiger partial charge in [-0.15, -0.1) is 0 Å². The highest BCUT2D eigenvalue weighted by molar-refractivity contribution is 5.69. The Labute approximate surface area is 149 Å². The zero-order valence-corrected chi connectivity index (χ0v) is 17.3. The van der Waals surface area contributed by atoms with Gasteiger partial charge in [-0.25, -0.2) is 0 Å². The third kappa shape index (κ3) is 3.58. The highest BCUT2D eigenvalue weighted by atomic mass is 14.3. The van der Waals surface area contributed by atoms with Crippen molar-refractivity contribution >= 4 is 0 Å². The van der Waals surface area contributed by atoms with Gasteiger partial charge in [0.05, 0.1) is 0 Å². The van der Waals surface area contributed by atoms with E-state index >= 15 is 0 Å². The molecule has 2 aromatic rings. The summed E-state index contributed by atoms with van der Waals surface area (Å²) < 4.78 is 0. The van der Waals surface area contributed by atoms with Crippen molar-refractivity contribution < 1.29 is 0 Å². The second-order valence-corrected chi connectivity index (χ2v) is 9.47. The van der Waals surface area contributed by atoms with Crippen molar-refractivity contribution in [1.82, 2.24) is 0 Å². The Bertz CT molecular complexity index is 648. The van der Waals surface area contributed by atoms with Gasteiger partial charge in [0, 0.05) is 0 Å². The first-order valence-electron chi connectivity index (χ1n) is 9.06. The normalized spacial score (nSPS) is 12.6. The molecule has 0 unspecified atom stereocenters. The van der Waals surface area contributed by atoms with Crippen LogP contribution >= 0.6 is 0 Å². The van der Waals surface area contributed by atoms with Crippen LogP contribution in [0.2, 0.25) is 0 Å². The summed E-state index contributed by atoms with van der Waals surface area (Å²) in [6.45, 7) is 22.8. The quantitative estimate of drug-likeness (QED) is 0.521. The largest absolute Gasteiger partial charge is 0.0561 e. The lowest BCUT2D eigenvalue weighted by molar-refractivity contribution is 0.581. The zero-order valence-electron chi connectivity index (χ0n) is 17.3. The van der Waals surface area contributed by atoms with Crippen LogP contribution in [0.3, 0.4) is 0 Å². The molecule has 0 heteroatoms. The summed E-state index contributed by atoms with van der Waals surface area (Å²) in [5.41, 5.74) is 11.6. The third-order valence-electron chi connectivity index (χ3n) is 4.90. The maximum atomic E-state index is 2.36. The Morgan fingerprint density at radius 2 is 0.667 bits per heavy atom. The lowest BCUT2D eigenvalue weighted by Crippen LogP contribution is -2.16. The highest BCUT2D eigenvalue weighted by Crippen LogP contribution is 2.36. The molecule has 0 radical (unpaired) electrons. The Morgan fingerprint density at radius 1 is 0.458 bits per heavy atom. The minimum atomic E-state index is 0.189. The van der Waals surface area contributed by atoms with Gasteiger partial charge in [0.1, 0.15) is 0 Å². The number of aryl methyl sites for hydroxylation is 4. The summed E-state index contributed by atoms with van der Waals surface area (Å²) in [5, 5.41) is 0. The Kier molecular flexibility index (Phi) is 4.74. The van der Waals surface area contributed by atoms with E-state index < -0.39 is 0 Å². The van der Waals surface area contributed by atoms with Gasteiger partial charge in [0.25, 0.3) is 0 Å². The van der Waals surface area contributed by atoms with E-state index in [1.807, 2.05) is 0 Å². The van der Waals surface area contributed by atoms with Crippen LogP contribution in [0, 0.1) is 27.7 Å². The van der Waals surface area contributed by atoms with Crippen LogP contribution in [0.15, 0.2) is 24.3 Å². The van der Waals surface area contributed by atoms with E-state index in [2.05, 4.69) is 93.5 Å². The smallest absolute Gasteiger partial charge is 0.0127 e. The molecule has 0 spiro atoms. The first-order valence-corrected chi connectivity index (χ1v) is 9.06. The molecule has 0 bridgehead atoms. The minimum Gasteiger partial charge on any atom is -0.0561 e. The fourth-order valence-corrected chi connectivity index (χ4v) is 4.63. The topological polar surface area (TPSA) is 0 Å². The standard InChI is InChI=1S/C24H34/c1-15-11-19(12-16(2)21(15)23(5,6)7)20-13-17(3)22(18(4)14-20)24(8,9)10/h11-14H,1-10H3. The molecule has 0 amide bonds. The van der Waals surface area contributed by atoms with Crippen LogP contribution in [0.1, 0.15) is 74.9 Å². The summed E-state index contributed by atoms with van der Waals surface area (Å²) in [6.07, 6.45) is 0. The van der Waals surface area contributed by atoms with Crippen molar-refractivity contribution in [3.8, 4) is 11.1 Å². The van der Waals surface area contributed by atoms with Gasteiger partial charge < -0.3 is 0 Å². The molecule has 0 heterocycles.